The van der Waals surface area contributed by atoms with Gasteiger partial charge in [-0.2, -0.15) is 9.97 Å². The highest BCUT2D eigenvalue weighted by molar-refractivity contribution is 7.89. The van der Waals surface area contributed by atoms with E-state index in [-0.39, 0.29) is 11.7 Å². The molecule has 13 heteroatoms. The number of likely N-dealkylation sites (tertiary alicyclic amines) is 1. The summed E-state index contributed by atoms with van der Waals surface area (Å²) in [5.74, 6) is 1.79. The maximum Gasteiger partial charge on any atom is 0.318 e. The highest BCUT2D eigenvalue weighted by Gasteiger charge is 2.33. The van der Waals surface area contributed by atoms with E-state index < -0.39 is 10.0 Å². The Morgan fingerprint density at radius 3 is 2.62 bits per heavy atom. The summed E-state index contributed by atoms with van der Waals surface area (Å²) in [5.41, 5.74) is 3.16. The van der Waals surface area contributed by atoms with E-state index in [1.54, 1.807) is 0 Å². The molecule has 5 heterocycles. The fourth-order valence-corrected chi connectivity index (χ4v) is 9.21. The summed E-state index contributed by atoms with van der Waals surface area (Å²) in [7, 11) is -1.48. The minimum absolute atomic E-state index is 0.0250. The van der Waals surface area contributed by atoms with Gasteiger partial charge in [0.25, 0.3) is 10.0 Å². The van der Waals surface area contributed by atoms with E-state index in [4.69, 9.17) is 26.3 Å². The monoisotopic (exact) mass is 676 g/mol. The van der Waals surface area contributed by atoms with Gasteiger partial charge in [-0.05, 0) is 82.0 Å². The van der Waals surface area contributed by atoms with Gasteiger partial charge in [-0.3, -0.25) is 0 Å². The largest absolute Gasteiger partial charge is 0.462 e. The molecule has 8 rings (SSSR count). The molecule has 3 aliphatic heterocycles. The van der Waals surface area contributed by atoms with Crippen LogP contribution in [0.5, 0.6) is 6.01 Å². The second-order valence-electron chi connectivity index (χ2n) is 13.6. The van der Waals surface area contributed by atoms with E-state index in [0.29, 0.717) is 43.5 Å². The molecule has 0 N–H and O–H groups in total. The summed E-state index contributed by atoms with van der Waals surface area (Å²) in [6.07, 6.45) is 8.17. The molecular formula is C34H41ClN8O3S. The number of hydrogen-bond donors (Lipinski definition) is 0. The molecule has 0 radical (unpaired) electrons. The minimum Gasteiger partial charge on any atom is -0.462 e. The molecule has 0 bridgehead atoms. The topological polar surface area (TPSA) is 110 Å². The number of ether oxygens (including phenoxy) is 1. The number of anilines is 2. The van der Waals surface area contributed by atoms with Crippen LogP contribution < -0.4 is 14.5 Å². The molecule has 4 aromatic rings. The average Bonchev–Trinajstić information content (AvgIpc) is 3.64. The average molecular weight is 677 g/mol. The lowest BCUT2D eigenvalue weighted by Crippen LogP contribution is -2.41. The number of hydrogen-bond acceptors (Lipinski definition) is 10. The first-order valence-electron chi connectivity index (χ1n) is 16.9. The van der Waals surface area contributed by atoms with Crippen LogP contribution in [0.25, 0.3) is 10.8 Å². The van der Waals surface area contributed by atoms with Crippen molar-refractivity contribution in [2.75, 3.05) is 55.4 Å². The zero-order chi connectivity index (χ0) is 32.1. The minimum atomic E-state index is -3.62. The third-order valence-electron chi connectivity index (χ3n) is 10.3. The third kappa shape index (κ3) is 6.27. The molecule has 1 saturated carbocycles. The van der Waals surface area contributed by atoms with E-state index in [2.05, 4.69) is 56.1 Å². The Morgan fingerprint density at radius 1 is 0.979 bits per heavy atom. The molecule has 3 fully saturated rings. The van der Waals surface area contributed by atoms with E-state index in [1.807, 2.05) is 12.1 Å². The zero-order valence-electron chi connectivity index (χ0n) is 26.8. The van der Waals surface area contributed by atoms with Crippen molar-refractivity contribution in [2.24, 2.45) is 5.92 Å². The second-order valence-corrected chi connectivity index (χ2v) is 15.9. The Balaban J connectivity index is 1.08. The zero-order valence-corrected chi connectivity index (χ0v) is 28.3. The van der Waals surface area contributed by atoms with Crippen molar-refractivity contribution in [3.63, 3.8) is 0 Å². The van der Waals surface area contributed by atoms with Crippen molar-refractivity contribution in [2.45, 2.75) is 63.5 Å². The summed E-state index contributed by atoms with van der Waals surface area (Å²) >= 11 is 6.73. The van der Waals surface area contributed by atoms with Gasteiger partial charge in [0, 0.05) is 48.2 Å². The number of halogens is 1. The molecule has 1 unspecified atom stereocenters. The molecule has 0 amide bonds. The van der Waals surface area contributed by atoms with Crippen LogP contribution in [0.4, 0.5) is 11.5 Å². The number of likely N-dealkylation sites (N-methyl/N-ethyl adjacent to an activating group) is 1. The van der Waals surface area contributed by atoms with Gasteiger partial charge in [0.2, 0.25) is 0 Å². The second kappa shape index (κ2) is 12.5. The Labute approximate surface area is 280 Å². The van der Waals surface area contributed by atoms with E-state index in [1.165, 1.54) is 6.33 Å². The highest BCUT2D eigenvalue weighted by Crippen LogP contribution is 2.39. The number of nitrogens with zero attached hydrogens (tertiary/aromatic N) is 8. The fraction of sp³-hybridized carbons (Fsp3) is 0.529. The Morgan fingerprint density at radius 2 is 1.81 bits per heavy atom. The Kier molecular flexibility index (Phi) is 8.21. The van der Waals surface area contributed by atoms with Crippen LogP contribution in [0.1, 0.15) is 61.5 Å². The Bertz CT molecular complexity index is 1890. The van der Waals surface area contributed by atoms with E-state index in [0.717, 1.165) is 107 Å². The van der Waals surface area contributed by atoms with Crippen LogP contribution >= 0.6 is 11.6 Å². The number of aromatic nitrogens is 5. The predicted octanol–water partition coefficient (Wildman–Crippen LogP) is 4.88. The quantitative estimate of drug-likeness (QED) is 0.243. The van der Waals surface area contributed by atoms with Crippen molar-refractivity contribution in [3.8, 4) is 6.01 Å². The molecule has 2 saturated heterocycles. The van der Waals surface area contributed by atoms with Gasteiger partial charge in [-0.25, -0.2) is 13.4 Å². The maximum atomic E-state index is 13.4. The van der Waals surface area contributed by atoms with Gasteiger partial charge in [0.05, 0.1) is 23.0 Å². The van der Waals surface area contributed by atoms with Gasteiger partial charge >= 0.3 is 6.01 Å². The maximum absolute atomic E-state index is 13.4. The highest BCUT2D eigenvalue weighted by atomic mass is 35.5. The Hall–Kier alpha value is -3.48. The lowest BCUT2D eigenvalue weighted by atomic mass is 9.98. The molecule has 0 spiro atoms. The molecular weight excluding hydrogens is 636 g/mol. The van der Waals surface area contributed by atoms with Gasteiger partial charge in [-0.1, -0.05) is 35.9 Å². The molecule has 2 aromatic carbocycles. The lowest BCUT2D eigenvalue weighted by Gasteiger charge is -2.37. The van der Waals surface area contributed by atoms with Crippen molar-refractivity contribution >= 4 is 43.9 Å². The normalized spacial score (nSPS) is 22.2. The van der Waals surface area contributed by atoms with Crippen molar-refractivity contribution in [1.29, 1.82) is 0 Å². The van der Waals surface area contributed by atoms with Crippen LogP contribution in [-0.2, 0) is 23.0 Å². The molecule has 1 aliphatic carbocycles. The molecule has 11 nitrogen and oxygen atoms in total. The first-order valence-corrected chi connectivity index (χ1v) is 18.9. The van der Waals surface area contributed by atoms with Crippen molar-refractivity contribution in [1.82, 2.24) is 29.0 Å². The van der Waals surface area contributed by atoms with Crippen LogP contribution in [0.15, 0.2) is 42.7 Å². The third-order valence-corrected chi connectivity index (χ3v) is 12.2. The number of rotatable bonds is 9. The number of benzene rings is 2. The first-order chi connectivity index (χ1) is 22.8. The van der Waals surface area contributed by atoms with Crippen LogP contribution in [0.2, 0.25) is 5.02 Å². The smallest absolute Gasteiger partial charge is 0.318 e. The summed E-state index contributed by atoms with van der Waals surface area (Å²) in [4.78, 5) is 21.3. The van der Waals surface area contributed by atoms with Crippen LogP contribution in [0, 0.1) is 5.92 Å². The molecule has 2 aromatic heterocycles. The van der Waals surface area contributed by atoms with Gasteiger partial charge in [0.1, 0.15) is 18.8 Å². The SMILES string of the molecule is CN1CCC[C@H]1COc1nc2c(c(N3CCCC(CS(=O)(=O)n4cnc(C5CC5)n4)C3)n1)CCN(c1cccc3cccc(Cl)c13)C2. The van der Waals surface area contributed by atoms with Gasteiger partial charge < -0.3 is 19.4 Å². The summed E-state index contributed by atoms with van der Waals surface area (Å²) in [5, 5.41) is 7.22. The lowest BCUT2D eigenvalue weighted by molar-refractivity contribution is 0.187. The number of piperidine rings is 1. The first kappa shape index (κ1) is 30.8. The number of fused-ring (bicyclic) bond motifs is 2. The molecule has 248 valence electrons. The molecule has 47 heavy (non-hydrogen) atoms. The van der Waals surface area contributed by atoms with Crippen molar-refractivity contribution in [3.05, 3.63) is 64.8 Å². The van der Waals surface area contributed by atoms with E-state index in [9.17, 15) is 8.42 Å². The van der Waals surface area contributed by atoms with E-state index >= 15 is 0 Å². The van der Waals surface area contributed by atoms with Crippen LogP contribution in [0.3, 0.4) is 0 Å². The molecule has 4 aliphatic rings. The summed E-state index contributed by atoms with van der Waals surface area (Å²) in [6.45, 7) is 4.42. The van der Waals surface area contributed by atoms with Gasteiger partial charge in [0.15, 0.2) is 5.82 Å². The van der Waals surface area contributed by atoms with Gasteiger partial charge in [-0.15, -0.1) is 9.19 Å². The van der Waals surface area contributed by atoms with Crippen LogP contribution in [-0.4, -0.2) is 89.1 Å². The summed E-state index contributed by atoms with van der Waals surface area (Å²) in [6, 6.07) is 13.1. The predicted molar refractivity (Wildman–Crippen MR) is 183 cm³/mol. The summed E-state index contributed by atoms with van der Waals surface area (Å²) < 4.78 is 34.2. The van der Waals surface area contributed by atoms with Crippen molar-refractivity contribution < 1.29 is 13.2 Å². The standard InChI is InChI=1S/C34H41ClN8O3S/c1-40-15-5-9-26(40)20-46-34-37-29-19-41(30-11-3-8-24-7-2-10-28(35)31(24)30)17-14-27(29)33(38-34)42-16-4-6-23(18-42)21-47(44,45)43-22-36-32(39-43)25-12-13-25/h2-3,7-8,10-11,22-23,25-26H,4-6,9,12-21H2,1H3/t23?,26-/m0/s1. The molecule has 2 atom stereocenters. The fourth-order valence-electron chi connectivity index (χ4n) is 7.51.